The Morgan fingerprint density at radius 1 is 1.17 bits per heavy atom. The van der Waals surface area contributed by atoms with E-state index in [0.717, 1.165) is 4.57 Å². The van der Waals surface area contributed by atoms with E-state index in [0.29, 0.717) is 11.1 Å². The van der Waals surface area contributed by atoms with E-state index in [2.05, 4.69) is 4.98 Å². The summed E-state index contributed by atoms with van der Waals surface area (Å²) in [4.78, 5) is 16.1. The van der Waals surface area contributed by atoms with Gasteiger partial charge in [-0.2, -0.15) is 8.78 Å². The molecule has 1 heterocycles. The number of aliphatic hydroxyl groups excluding tert-OH is 1. The summed E-state index contributed by atoms with van der Waals surface area (Å²) >= 11 is 0. The third-order valence-electron chi connectivity index (χ3n) is 3.57. The van der Waals surface area contributed by atoms with E-state index in [4.69, 9.17) is 9.84 Å². The Labute approximate surface area is 136 Å². The zero-order valence-corrected chi connectivity index (χ0v) is 12.5. The number of aliphatic hydroxyl groups is 1. The summed E-state index contributed by atoms with van der Waals surface area (Å²) in [5.41, 5.74) is 1.62. The minimum Gasteiger partial charge on any atom is -0.454 e. The predicted molar refractivity (Wildman–Crippen MR) is 82.5 cm³/mol. The molecule has 124 valence electrons. The maximum atomic E-state index is 13.3. The average Bonchev–Trinajstić information content (AvgIpc) is 2.98. The zero-order chi connectivity index (χ0) is 17.1. The summed E-state index contributed by atoms with van der Waals surface area (Å²) in [5.74, 6) is -0.668. The number of esters is 1. The van der Waals surface area contributed by atoms with Crippen molar-refractivity contribution in [2.75, 3.05) is 0 Å². The van der Waals surface area contributed by atoms with Gasteiger partial charge in [0, 0.05) is 0 Å². The molecule has 0 radical (unpaired) electrons. The first-order chi connectivity index (χ1) is 11.6. The molecule has 0 saturated heterocycles. The molecule has 0 amide bonds. The number of para-hydroxylation sites is 2. The fourth-order valence-electron chi connectivity index (χ4n) is 2.37. The molecule has 1 N–H and O–H groups in total. The summed E-state index contributed by atoms with van der Waals surface area (Å²) < 4.78 is 32.4. The van der Waals surface area contributed by atoms with Crippen LogP contribution in [0.25, 0.3) is 11.0 Å². The van der Waals surface area contributed by atoms with Gasteiger partial charge in [0.1, 0.15) is 6.61 Å². The lowest BCUT2D eigenvalue weighted by molar-refractivity contribution is 0.0387. The molecule has 0 aliphatic rings. The minimum absolute atomic E-state index is 0.0217. The summed E-state index contributed by atoms with van der Waals surface area (Å²) in [6.07, 6.45) is 0. The molecule has 0 spiro atoms. The molecular formula is C17H14F2N2O3. The highest BCUT2D eigenvalue weighted by Crippen LogP contribution is 2.23. The van der Waals surface area contributed by atoms with Gasteiger partial charge in [0.15, 0.2) is 5.82 Å². The third-order valence-corrected chi connectivity index (χ3v) is 3.57. The van der Waals surface area contributed by atoms with Crippen LogP contribution in [0.3, 0.4) is 0 Å². The Morgan fingerprint density at radius 3 is 2.54 bits per heavy atom. The number of ether oxygens (including phenoxy) is 1. The third kappa shape index (κ3) is 3.11. The zero-order valence-electron chi connectivity index (χ0n) is 12.5. The molecular weight excluding hydrogens is 318 g/mol. The van der Waals surface area contributed by atoms with Crippen LogP contribution in [0.5, 0.6) is 0 Å². The van der Waals surface area contributed by atoms with Crippen molar-refractivity contribution in [1.82, 2.24) is 9.55 Å². The molecule has 0 saturated carbocycles. The number of hydrogen-bond donors (Lipinski definition) is 1. The van der Waals surface area contributed by atoms with Gasteiger partial charge in [-0.1, -0.05) is 24.3 Å². The molecule has 0 bridgehead atoms. The monoisotopic (exact) mass is 332 g/mol. The Morgan fingerprint density at radius 2 is 1.88 bits per heavy atom. The quantitative estimate of drug-likeness (QED) is 0.728. The number of alkyl halides is 2. The number of carbonyl (C=O) groups is 1. The lowest BCUT2D eigenvalue weighted by Crippen LogP contribution is -2.10. The van der Waals surface area contributed by atoms with Crippen molar-refractivity contribution in [2.45, 2.75) is 19.8 Å². The SMILES string of the molecule is O=C(OCc1nc2ccccc2n1C(F)F)c1ccc(CO)cc1. The molecule has 24 heavy (non-hydrogen) atoms. The van der Waals surface area contributed by atoms with Crippen LogP contribution >= 0.6 is 0 Å². The number of rotatable bonds is 5. The number of fused-ring (bicyclic) bond motifs is 1. The van der Waals surface area contributed by atoms with Gasteiger partial charge >= 0.3 is 12.5 Å². The van der Waals surface area contributed by atoms with Crippen LogP contribution in [-0.4, -0.2) is 20.6 Å². The first kappa shape index (κ1) is 16.1. The molecule has 2 aromatic carbocycles. The van der Waals surface area contributed by atoms with Gasteiger partial charge in [0.25, 0.3) is 0 Å². The molecule has 1 aromatic heterocycles. The molecule has 3 aromatic rings. The van der Waals surface area contributed by atoms with E-state index >= 15 is 0 Å². The second kappa shape index (κ2) is 6.76. The summed E-state index contributed by atoms with van der Waals surface area (Å²) in [5, 5.41) is 8.97. The van der Waals surface area contributed by atoms with Crippen LogP contribution in [0.1, 0.15) is 28.3 Å². The molecule has 5 nitrogen and oxygen atoms in total. The number of carbonyl (C=O) groups excluding carboxylic acids is 1. The largest absolute Gasteiger partial charge is 0.454 e. The van der Waals surface area contributed by atoms with Gasteiger partial charge in [-0.3, -0.25) is 4.57 Å². The molecule has 0 fully saturated rings. The Hall–Kier alpha value is -2.80. The van der Waals surface area contributed by atoms with E-state index in [1.165, 1.54) is 18.2 Å². The minimum atomic E-state index is -2.78. The van der Waals surface area contributed by atoms with Crippen LogP contribution in [0, 0.1) is 0 Å². The van der Waals surface area contributed by atoms with Crippen molar-refractivity contribution < 1.29 is 23.4 Å². The number of imidazole rings is 1. The van der Waals surface area contributed by atoms with Crippen molar-refractivity contribution in [1.29, 1.82) is 0 Å². The second-order valence-corrected chi connectivity index (χ2v) is 5.10. The topological polar surface area (TPSA) is 64.3 Å². The maximum absolute atomic E-state index is 13.3. The van der Waals surface area contributed by atoms with Crippen LogP contribution < -0.4 is 0 Å². The molecule has 0 aliphatic carbocycles. The molecule has 0 unspecified atom stereocenters. The predicted octanol–water partition coefficient (Wildman–Crippen LogP) is 3.28. The number of benzene rings is 2. The van der Waals surface area contributed by atoms with Crippen LogP contribution in [0.4, 0.5) is 8.78 Å². The Bertz CT molecular complexity index is 860. The van der Waals surface area contributed by atoms with E-state index in [9.17, 15) is 13.6 Å². The number of aromatic nitrogens is 2. The van der Waals surface area contributed by atoms with Crippen LogP contribution in [-0.2, 0) is 18.0 Å². The fourth-order valence-corrected chi connectivity index (χ4v) is 2.37. The average molecular weight is 332 g/mol. The summed E-state index contributed by atoms with van der Waals surface area (Å²) in [7, 11) is 0. The highest BCUT2D eigenvalue weighted by Gasteiger charge is 2.19. The maximum Gasteiger partial charge on any atom is 0.338 e. The van der Waals surface area contributed by atoms with Crippen molar-refractivity contribution in [3.05, 3.63) is 65.5 Å². The molecule has 3 rings (SSSR count). The normalized spacial score (nSPS) is 11.2. The van der Waals surface area contributed by atoms with Gasteiger partial charge in [-0.15, -0.1) is 0 Å². The number of hydrogen-bond acceptors (Lipinski definition) is 4. The first-order valence-electron chi connectivity index (χ1n) is 7.21. The van der Waals surface area contributed by atoms with E-state index in [1.807, 2.05) is 0 Å². The van der Waals surface area contributed by atoms with E-state index in [-0.39, 0.29) is 30.1 Å². The lowest BCUT2D eigenvalue weighted by atomic mass is 10.1. The standard InChI is InChI=1S/C17H14F2N2O3/c18-17(19)21-14-4-2-1-3-13(14)20-15(21)10-24-16(23)12-7-5-11(9-22)6-8-12/h1-8,17,22H,9-10H2. The number of halogens is 2. The fraction of sp³-hybridized carbons (Fsp3) is 0.176. The molecule has 0 atom stereocenters. The van der Waals surface area contributed by atoms with Crippen molar-refractivity contribution in [3.8, 4) is 0 Å². The van der Waals surface area contributed by atoms with Gasteiger partial charge in [0.2, 0.25) is 0 Å². The van der Waals surface area contributed by atoms with E-state index in [1.54, 1.807) is 30.3 Å². The smallest absolute Gasteiger partial charge is 0.338 e. The van der Waals surface area contributed by atoms with Gasteiger partial charge < -0.3 is 9.84 Å². The highest BCUT2D eigenvalue weighted by atomic mass is 19.3. The molecule has 7 heteroatoms. The van der Waals surface area contributed by atoms with Gasteiger partial charge in [0.05, 0.1) is 23.2 Å². The molecule has 0 aliphatic heterocycles. The van der Waals surface area contributed by atoms with E-state index < -0.39 is 12.5 Å². The van der Waals surface area contributed by atoms with Gasteiger partial charge in [-0.05, 0) is 29.8 Å². The summed E-state index contributed by atoms with van der Waals surface area (Å²) in [6, 6.07) is 12.7. The van der Waals surface area contributed by atoms with Crippen molar-refractivity contribution in [3.63, 3.8) is 0 Å². The van der Waals surface area contributed by atoms with Crippen LogP contribution in [0.2, 0.25) is 0 Å². The van der Waals surface area contributed by atoms with Crippen molar-refractivity contribution in [2.24, 2.45) is 0 Å². The lowest BCUT2D eigenvalue weighted by Gasteiger charge is -2.08. The Balaban J connectivity index is 1.79. The highest BCUT2D eigenvalue weighted by molar-refractivity contribution is 5.89. The van der Waals surface area contributed by atoms with Crippen molar-refractivity contribution >= 4 is 17.0 Å². The Kier molecular flexibility index (Phi) is 4.52. The second-order valence-electron chi connectivity index (χ2n) is 5.10. The number of nitrogens with zero attached hydrogens (tertiary/aromatic N) is 2. The van der Waals surface area contributed by atoms with Crippen LogP contribution in [0.15, 0.2) is 48.5 Å². The first-order valence-corrected chi connectivity index (χ1v) is 7.21. The summed E-state index contributed by atoms with van der Waals surface area (Å²) in [6.45, 7) is -3.28. The van der Waals surface area contributed by atoms with Gasteiger partial charge in [-0.25, -0.2) is 9.78 Å².